The van der Waals surface area contributed by atoms with Crippen molar-refractivity contribution in [3.63, 3.8) is 0 Å². The molecular weight excluding hydrogens is 362 g/mol. The first-order valence-corrected chi connectivity index (χ1v) is 8.93. The summed E-state index contributed by atoms with van der Waals surface area (Å²) in [4.78, 5) is 0.239. The van der Waals surface area contributed by atoms with E-state index in [1.165, 1.54) is 11.4 Å². The average Bonchev–Trinajstić information content (AvgIpc) is 2.91. The van der Waals surface area contributed by atoms with Gasteiger partial charge in [-0.3, -0.25) is 0 Å². The molecule has 0 fully saturated rings. The van der Waals surface area contributed by atoms with Crippen molar-refractivity contribution < 1.29 is 13.2 Å². The minimum absolute atomic E-state index is 0.239. The number of nitrogens with zero attached hydrogens (tertiary/aromatic N) is 1. The van der Waals surface area contributed by atoms with Gasteiger partial charge in [0, 0.05) is 13.6 Å². The molecule has 0 atom stereocenters. The Morgan fingerprint density at radius 2 is 2.10 bits per heavy atom. The predicted octanol–water partition coefficient (Wildman–Crippen LogP) is 3.34. The van der Waals surface area contributed by atoms with Crippen LogP contribution in [0.2, 0.25) is 0 Å². The zero-order valence-corrected chi connectivity index (χ0v) is 14.3. The van der Waals surface area contributed by atoms with Crippen LogP contribution in [0.1, 0.15) is 5.56 Å². The van der Waals surface area contributed by atoms with Crippen molar-refractivity contribution in [3.8, 4) is 5.75 Å². The Morgan fingerprint density at radius 3 is 2.65 bits per heavy atom. The molecule has 2 rings (SSSR count). The van der Waals surface area contributed by atoms with Crippen molar-refractivity contribution in [1.82, 2.24) is 4.31 Å². The number of thiophene rings is 1. The van der Waals surface area contributed by atoms with Crippen molar-refractivity contribution >= 4 is 37.3 Å². The van der Waals surface area contributed by atoms with Gasteiger partial charge >= 0.3 is 0 Å². The van der Waals surface area contributed by atoms with Crippen LogP contribution in [0.15, 0.2) is 44.4 Å². The number of halogens is 1. The maximum atomic E-state index is 12.5. The summed E-state index contributed by atoms with van der Waals surface area (Å²) in [6.45, 7) is 0.357. The largest absolute Gasteiger partial charge is 0.496 e. The summed E-state index contributed by atoms with van der Waals surface area (Å²) < 4.78 is 32.0. The molecule has 1 aromatic carbocycles. The van der Waals surface area contributed by atoms with E-state index >= 15 is 0 Å². The number of hydrogen-bond donors (Lipinski definition) is 0. The Labute approximate surface area is 131 Å². The van der Waals surface area contributed by atoms with Gasteiger partial charge in [-0.25, -0.2) is 8.42 Å². The van der Waals surface area contributed by atoms with Crippen LogP contribution in [0.25, 0.3) is 0 Å². The van der Waals surface area contributed by atoms with Crippen molar-refractivity contribution in [2.75, 3.05) is 14.2 Å². The molecule has 0 unspecified atom stereocenters. The van der Waals surface area contributed by atoms with Crippen LogP contribution in [0.3, 0.4) is 0 Å². The second-order valence-electron chi connectivity index (χ2n) is 4.19. The molecule has 0 amide bonds. The Balaban J connectivity index is 2.27. The van der Waals surface area contributed by atoms with E-state index in [2.05, 4.69) is 15.9 Å². The molecule has 108 valence electrons. The zero-order chi connectivity index (χ0) is 14.8. The lowest BCUT2D eigenvalue weighted by Gasteiger charge is -2.17. The Hall–Kier alpha value is -0.890. The summed E-state index contributed by atoms with van der Waals surface area (Å²) in [6.07, 6.45) is 0. The number of benzene rings is 1. The molecule has 1 heterocycles. The highest BCUT2D eigenvalue weighted by atomic mass is 79.9. The predicted molar refractivity (Wildman–Crippen MR) is 83.7 cm³/mol. The number of hydrogen-bond acceptors (Lipinski definition) is 4. The van der Waals surface area contributed by atoms with E-state index < -0.39 is 10.0 Å². The average molecular weight is 376 g/mol. The van der Waals surface area contributed by atoms with Crippen LogP contribution in [0.4, 0.5) is 0 Å². The summed E-state index contributed by atoms with van der Waals surface area (Å²) in [5, 5.41) is 3.87. The lowest BCUT2D eigenvalue weighted by Crippen LogP contribution is -2.26. The molecule has 0 aliphatic carbocycles. The van der Waals surface area contributed by atoms with E-state index in [9.17, 15) is 8.42 Å². The topological polar surface area (TPSA) is 46.6 Å². The third-order valence-corrected chi connectivity index (χ3v) is 5.97. The highest BCUT2D eigenvalue weighted by molar-refractivity contribution is 9.10. The number of sulfonamides is 1. The normalized spacial score (nSPS) is 11.8. The van der Waals surface area contributed by atoms with E-state index in [0.29, 0.717) is 16.8 Å². The minimum Gasteiger partial charge on any atom is -0.496 e. The Kier molecular flexibility index (Phi) is 4.85. The zero-order valence-electron chi connectivity index (χ0n) is 11.0. The first-order valence-electron chi connectivity index (χ1n) is 5.76. The minimum atomic E-state index is -3.51. The van der Waals surface area contributed by atoms with Crippen LogP contribution in [0, 0.1) is 0 Å². The van der Waals surface area contributed by atoms with E-state index in [-0.39, 0.29) is 4.90 Å². The highest BCUT2D eigenvalue weighted by Gasteiger charge is 2.22. The van der Waals surface area contributed by atoms with Gasteiger partial charge < -0.3 is 4.74 Å². The summed E-state index contributed by atoms with van der Waals surface area (Å²) in [7, 11) is -0.397. The third-order valence-electron chi connectivity index (χ3n) is 2.82. The van der Waals surface area contributed by atoms with Crippen molar-refractivity contribution in [1.29, 1.82) is 0 Å². The van der Waals surface area contributed by atoms with Crippen molar-refractivity contribution in [2.24, 2.45) is 0 Å². The fourth-order valence-electron chi connectivity index (χ4n) is 1.71. The lowest BCUT2D eigenvalue weighted by molar-refractivity contribution is 0.411. The first-order chi connectivity index (χ1) is 9.45. The van der Waals surface area contributed by atoms with Crippen LogP contribution in [-0.2, 0) is 16.6 Å². The molecule has 0 bridgehead atoms. The third kappa shape index (κ3) is 3.22. The SMILES string of the molecule is COc1ccc(S(=O)(=O)N(C)Cc2ccsc2)cc1Br. The van der Waals surface area contributed by atoms with Crippen LogP contribution < -0.4 is 4.74 Å². The van der Waals surface area contributed by atoms with Crippen LogP contribution in [0.5, 0.6) is 5.75 Å². The van der Waals surface area contributed by atoms with E-state index in [1.807, 2.05) is 16.8 Å². The standard InChI is InChI=1S/C13H14BrNO3S2/c1-15(8-10-5-6-19-9-10)20(16,17)11-3-4-13(18-2)12(14)7-11/h3-7,9H,8H2,1-2H3. The van der Waals surface area contributed by atoms with Gasteiger partial charge in [0.2, 0.25) is 10.0 Å². The molecule has 0 aliphatic rings. The van der Waals surface area contributed by atoms with Gasteiger partial charge in [0.15, 0.2) is 0 Å². The van der Waals surface area contributed by atoms with E-state index in [0.717, 1.165) is 5.56 Å². The van der Waals surface area contributed by atoms with Crippen LogP contribution >= 0.6 is 27.3 Å². The molecule has 0 saturated carbocycles. The quantitative estimate of drug-likeness (QED) is 0.804. The molecule has 7 heteroatoms. The van der Waals surface area contributed by atoms with Crippen LogP contribution in [-0.4, -0.2) is 26.9 Å². The van der Waals surface area contributed by atoms with Gasteiger partial charge in [0.25, 0.3) is 0 Å². The smallest absolute Gasteiger partial charge is 0.243 e. The van der Waals surface area contributed by atoms with Gasteiger partial charge in [0.05, 0.1) is 16.5 Å². The summed E-state index contributed by atoms with van der Waals surface area (Å²) in [6, 6.07) is 6.65. The monoisotopic (exact) mass is 375 g/mol. The maximum Gasteiger partial charge on any atom is 0.243 e. The lowest BCUT2D eigenvalue weighted by atomic mass is 10.3. The Bertz CT molecular complexity index is 684. The van der Waals surface area contributed by atoms with Gasteiger partial charge in [0.1, 0.15) is 5.75 Å². The molecule has 0 spiro atoms. The van der Waals surface area contributed by atoms with Crippen molar-refractivity contribution in [2.45, 2.75) is 11.4 Å². The number of methoxy groups -OCH3 is 1. The van der Waals surface area contributed by atoms with Gasteiger partial charge in [-0.15, -0.1) is 0 Å². The molecule has 0 aliphatic heterocycles. The fraction of sp³-hybridized carbons (Fsp3) is 0.231. The molecule has 20 heavy (non-hydrogen) atoms. The Morgan fingerprint density at radius 1 is 1.35 bits per heavy atom. The van der Waals surface area contributed by atoms with Gasteiger partial charge in [-0.05, 0) is 56.5 Å². The van der Waals surface area contributed by atoms with Gasteiger partial charge in [-0.2, -0.15) is 15.6 Å². The van der Waals surface area contributed by atoms with E-state index in [1.54, 1.807) is 36.6 Å². The van der Waals surface area contributed by atoms with E-state index in [4.69, 9.17) is 4.74 Å². The number of ether oxygens (including phenoxy) is 1. The molecular formula is C13H14BrNO3S2. The second-order valence-corrected chi connectivity index (χ2v) is 7.87. The molecule has 0 radical (unpaired) electrons. The van der Waals surface area contributed by atoms with Crippen molar-refractivity contribution in [3.05, 3.63) is 45.1 Å². The molecule has 4 nitrogen and oxygen atoms in total. The first kappa shape index (κ1) is 15.5. The summed E-state index contributed by atoms with van der Waals surface area (Å²) >= 11 is 4.85. The maximum absolute atomic E-state index is 12.5. The fourth-order valence-corrected chi connectivity index (χ4v) is 4.25. The van der Waals surface area contributed by atoms with Gasteiger partial charge in [-0.1, -0.05) is 0 Å². The highest BCUT2D eigenvalue weighted by Crippen LogP contribution is 2.28. The molecule has 1 aromatic heterocycles. The number of rotatable bonds is 5. The summed E-state index contributed by atoms with van der Waals surface area (Å²) in [5.41, 5.74) is 0.980. The summed E-state index contributed by atoms with van der Waals surface area (Å²) in [5.74, 6) is 0.601. The second kappa shape index (κ2) is 6.26. The molecule has 0 N–H and O–H groups in total. The molecule has 0 saturated heterocycles. The molecule has 2 aromatic rings.